The van der Waals surface area contributed by atoms with Gasteiger partial charge in [-0.05, 0) is 24.3 Å². The molecule has 0 bridgehead atoms. The summed E-state index contributed by atoms with van der Waals surface area (Å²) in [5.41, 5.74) is 0.667. The molecule has 0 unspecified atom stereocenters. The summed E-state index contributed by atoms with van der Waals surface area (Å²) in [5, 5.41) is 2.65. The number of amides is 2. The Morgan fingerprint density at radius 3 is 2.78 bits per heavy atom. The van der Waals surface area contributed by atoms with Crippen LogP contribution in [0.25, 0.3) is 0 Å². The normalized spacial score (nSPS) is 16.2. The molecule has 0 saturated carbocycles. The monoisotopic (exact) mass is 462 g/mol. The number of esters is 1. The van der Waals surface area contributed by atoms with E-state index in [0.717, 1.165) is 4.90 Å². The van der Waals surface area contributed by atoms with Gasteiger partial charge in [-0.25, -0.2) is 13.2 Å². The first-order valence-corrected chi connectivity index (χ1v) is 11.1. The highest BCUT2D eigenvalue weighted by Gasteiger charge is 2.26. The number of likely N-dealkylation sites (N-methyl/N-ethyl adjacent to an activating group) is 1. The molecule has 0 spiro atoms. The van der Waals surface area contributed by atoms with Crippen molar-refractivity contribution in [2.24, 2.45) is 4.40 Å². The minimum absolute atomic E-state index is 0.148. The standard InChI is InChI=1S/C20H22N4O7S/c1-23(12-18(25)21-15-4-3-5-16(10-15)30-2)19(26)13-31-20(27)14-6-7-17-22-32(28,29)9-8-24(17)11-14/h3-7,10-11H,8-9,12-13H2,1-2H3,(H,21,25). The fourth-order valence-electron chi connectivity index (χ4n) is 2.85. The SMILES string of the molecule is COc1cccc(NC(=O)CN(C)C(=O)COC(=O)C2=CN3CCS(=O)(=O)N=C3C=C2)c1. The third kappa shape index (κ3) is 5.94. The summed E-state index contributed by atoms with van der Waals surface area (Å²) in [4.78, 5) is 39.3. The fourth-order valence-corrected chi connectivity index (χ4v) is 3.82. The van der Waals surface area contributed by atoms with E-state index in [-0.39, 0.29) is 30.3 Å². The maximum atomic E-state index is 12.3. The zero-order valence-corrected chi connectivity index (χ0v) is 18.3. The molecule has 1 aromatic carbocycles. The van der Waals surface area contributed by atoms with Crippen molar-refractivity contribution in [3.8, 4) is 5.75 Å². The van der Waals surface area contributed by atoms with Crippen LogP contribution in [0.15, 0.2) is 52.6 Å². The van der Waals surface area contributed by atoms with Gasteiger partial charge >= 0.3 is 5.97 Å². The summed E-state index contributed by atoms with van der Waals surface area (Å²) in [6.07, 6.45) is 4.18. The third-order valence-electron chi connectivity index (χ3n) is 4.55. The number of fused-ring (bicyclic) bond motifs is 1. The number of rotatable bonds is 7. The molecule has 0 aliphatic carbocycles. The van der Waals surface area contributed by atoms with E-state index in [9.17, 15) is 22.8 Å². The van der Waals surface area contributed by atoms with Crippen molar-refractivity contribution < 1.29 is 32.3 Å². The van der Waals surface area contributed by atoms with Crippen LogP contribution in [0.3, 0.4) is 0 Å². The number of ether oxygens (including phenoxy) is 2. The van der Waals surface area contributed by atoms with Crippen LogP contribution in [0.4, 0.5) is 5.69 Å². The zero-order chi connectivity index (χ0) is 23.3. The number of hydrogen-bond donors (Lipinski definition) is 1. The third-order valence-corrected chi connectivity index (χ3v) is 5.71. The van der Waals surface area contributed by atoms with Crippen LogP contribution < -0.4 is 10.1 Å². The molecule has 2 heterocycles. The van der Waals surface area contributed by atoms with Gasteiger partial charge in [-0.15, -0.1) is 4.40 Å². The molecule has 0 fully saturated rings. The highest BCUT2D eigenvalue weighted by Crippen LogP contribution is 2.17. The van der Waals surface area contributed by atoms with E-state index in [1.54, 1.807) is 24.3 Å². The molecule has 2 aliphatic heterocycles. The van der Waals surface area contributed by atoms with Crippen molar-refractivity contribution in [1.29, 1.82) is 0 Å². The number of methoxy groups -OCH3 is 1. The predicted molar refractivity (Wildman–Crippen MR) is 115 cm³/mol. The van der Waals surface area contributed by atoms with Gasteiger partial charge in [0.2, 0.25) is 5.91 Å². The van der Waals surface area contributed by atoms with Gasteiger partial charge in [0.1, 0.15) is 11.6 Å². The lowest BCUT2D eigenvalue weighted by atomic mass is 10.2. The van der Waals surface area contributed by atoms with Crippen molar-refractivity contribution in [3.05, 3.63) is 48.2 Å². The van der Waals surface area contributed by atoms with Crippen LogP contribution in [-0.4, -0.2) is 81.4 Å². The Morgan fingerprint density at radius 1 is 1.25 bits per heavy atom. The lowest BCUT2D eigenvalue weighted by Crippen LogP contribution is -2.38. The number of nitrogens with one attached hydrogen (secondary N) is 1. The maximum Gasteiger partial charge on any atom is 0.340 e. The van der Waals surface area contributed by atoms with E-state index in [2.05, 4.69) is 9.71 Å². The highest BCUT2D eigenvalue weighted by molar-refractivity contribution is 7.90. The van der Waals surface area contributed by atoms with Gasteiger partial charge < -0.3 is 24.6 Å². The molecule has 1 N–H and O–H groups in total. The molecule has 0 saturated heterocycles. The highest BCUT2D eigenvalue weighted by atomic mass is 32.2. The van der Waals surface area contributed by atoms with Gasteiger partial charge in [0.25, 0.3) is 15.9 Å². The van der Waals surface area contributed by atoms with Crippen LogP contribution in [0.1, 0.15) is 0 Å². The molecule has 12 heteroatoms. The molecule has 1 aromatic rings. The van der Waals surface area contributed by atoms with E-state index in [0.29, 0.717) is 11.4 Å². The van der Waals surface area contributed by atoms with E-state index in [4.69, 9.17) is 9.47 Å². The van der Waals surface area contributed by atoms with Crippen LogP contribution >= 0.6 is 0 Å². The molecule has 32 heavy (non-hydrogen) atoms. The van der Waals surface area contributed by atoms with Crippen molar-refractivity contribution in [3.63, 3.8) is 0 Å². The average Bonchev–Trinajstić information content (AvgIpc) is 2.76. The molecule has 170 valence electrons. The number of anilines is 1. The van der Waals surface area contributed by atoms with Crippen LogP contribution in [0.5, 0.6) is 5.75 Å². The Labute approximate surface area is 185 Å². The van der Waals surface area contributed by atoms with Crippen molar-refractivity contribution in [1.82, 2.24) is 9.80 Å². The second-order valence-corrected chi connectivity index (χ2v) is 8.71. The molecular formula is C20H22N4O7S. The number of sulfonamides is 1. The summed E-state index contributed by atoms with van der Waals surface area (Å²) in [6.45, 7) is -0.632. The average molecular weight is 462 g/mol. The summed E-state index contributed by atoms with van der Waals surface area (Å²) in [5.74, 6) is -1.11. The Kier molecular flexibility index (Phi) is 6.93. The van der Waals surface area contributed by atoms with Gasteiger partial charge in [0.15, 0.2) is 6.61 Å². The zero-order valence-electron chi connectivity index (χ0n) is 17.5. The molecule has 0 radical (unpaired) electrons. The van der Waals surface area contributed by atoms with E-state index >= 15 is 0 Å². The maximum absolute atomic E-state index is 12.3. The molecular weight excluding hydrogens is 440 g/mol. The Hall–Kier alpha value is -3.67. The van der Waals surface area contributed by atoms with E-state index in [1.165, 1.54) is 37.4 Å². The molecule has 11 nitrogen and oxygen atoms in total. The minimum Gasteiger partial charge on any atom is -0.497 e. The van der Waals surface area contributed by atoms with Crippen molar-refractivity contribution in [2.75, 3.05) is 44.9 Å². The van der Waals surface area contributed by atoms with Crippen LogP contribution in [-0.2, 0) is 29.1 Å². The number of carbonyl (C=O) groups is 3. The number of nitrogens with zero attached hydrogens (tertiary/aromatic N) is 3. The van der Waals surface area contributed by atoms with E-state index in [1.807, 2.05) is 0 Å². The smallest absolute Gasteiger partial charge is 0.340 e. The van der Waals surface area contributed by atoms with Crippen molar-refractivity contribution >= 4 is 39.3 Å². The topological polar surface area (TPSA) is 135 Å². The molecule has 0 atom stereocenters. The van der Waals surface area contributed by atoms with Crippen molar-refractivity contribution in [2.45, 2.75) is 0 Å². The number of hydrogen-bond acceptors (Lipinski definition) is 8. The summed E-state index contributed by atoms with van der Waals surface area (Å²) in [7, 11) is -0.569. The Balaban J connectivity index is 1.48. The molecule has 0 aromatic heterocycles. The molecule has 2 amide bonds. The van der Waals surface area contributed by atoms with E-state index < -0.39 is 34.4 Å². The largest absolute Gasteiger partial charge is 0.497 e. The molecule has 2 aliphatic rings. The number of carbonyl (C=O) groups excluding carboxylic acids is 3. The van der Waals surface area contributed by atoms with Gasteiger partial charge in [0, 0.05) is 31.5 Å². The summed E-state index contributed by atoms with van der Waals surface area (Å²) >= 11 is 0. The lowest BCUT2D eigenvalue weighted by molar-refractivity contribution is -0.148. The van der Waals surface area contributed by atoms with Crippen LogP contribution in [0.2, 0.25) is 0 Å². The quantitative estimate of drug-likeness (QED) is 0.565. The Bertz CT molecular complexity index is 1120. The Morgan fingerprint density at radius 2 is 2.03 bits per heavy atom. The second-order valence-electron chi connectivity index (χ2n) is 6.95. The molecule has 3 rings (SSSR count). The number of benzene rings is 1. The van der Waals surface area contributed by atoms with Gasteiger partial charge in [-0.2, -0.15) is 0 Å². The first-order valence-electron chi connectivity index (χ1n) is 9.51. The first kappa shape index (κ1) is 23.0. The minimum atomic E-state index is -3.49. The van der Waals surface area contributed by atoms with Gasteiger partial charge in [0.05, 0.1) is 25.0 Å². The lowest BCUT2D eigenvalue weighted by Gasteiger charge is -2.26. The first-order chi connectivity index (χ1) is 15.2. The summed E-state index contributed by atoms with van der Waals surface area (Å²) in [6, 6.07) is 6.77. The van der Waals surface area contributed by atoms with Gasteiger partial charge in [-0.1, -0.05) is 6.07 Å². The van der Waals surface area contributed by atoms with Gasteiger partial charge in [-0.3, -0.25) is 9.59 Å². The number of amidine groups is 1. The summed E-state index contributed by atoms with van der Waals surface area (Å²) < 4.78 is 36.8. The predicted octanol–water partition coefficient (Wildman–Crippen LogP) is 0.133. The second kappa shape index (κ2) is 9.64. The fraction of sp³-hybridized carbons (Fsp3) is 0.300. The van der Waals surface area contributed by atoms with Crippen LogP contribution in [0, 0.1) is 0 Å².